The summed E-state index contributed by atoms with van der Waals surface area (Å²) in [7, 11) is 0. The number of rotatable bonds is 56. The van der Waals surface area contributed by atoms with E-state index in [4.69, 9.17) is 14.2 Å². The fraction of sp³-hybridized carbons (Fsp3) is 0.824. The quantitative estimate of drug-likeness (QED) is 0.0149. The fourth-order valence-electron chi connectivity index (χ4n) is 10.3. The molecule has 1 rings (SSSR count). The van der Waals surface area contributed by atoms with Gasteiger partial charge in [-0.25, -0.2) is 0 Å². The number of carbonyl (C=O) groups is 2. The lowest BCUT2D eigenvalue weighted by molar-refractivity contribution is -0.305. The Labute approximate surface area is 484 Å². The summed E-state index contributed by atoms with van der Waals surface area (Å²) < 4.78 is 17.6. The lowest BCUT2D eigenvalue weighted by atomic mass is 9.99. The SMILES string of the molecule is CC/C=C/C=C/C=C\C=C/CCCCC(O)C(=O)NC(COC1OC(CO)C(O)C(O)C1OC(=O)CCCCCCCCCCCCCCCCCCCCCCCCCCC)C(O)/C=C/CCCCCCCCCCCCC. The number of hydrogen-bond donors (Lipinski definition) is 6. The summed E-state index contributed by atoms with van der Waals surface area (Å²) in [6.07, 6.45) is 60.0. The molecular weight excluding hydrogens is 991 g/mol. The van der Waals surface area contributed by atoms with Crippen molar-refractivity contribution >= 4 is 11.9 Å². The molecule has 11 nitrogen and oxygen atoms in total. The van der Waals surface area contributed by atoms with Crippen LogP contribution in [0.2, 0.25) is 0 Å². The summed E-state index contributed by atoms with van der Waals surface area (Å²) in [5, 5.41) is 56.9. The Bertz CT molecular complexity index is 1510. The third-order valence-corrected chi connectivity index (χ3v) is 15.5. The van der Waals surface area contributed by atoms with Gasteiger partial charge in [-0.1, -0.05) is 306 Å². The number of nitrogens with one attached hydrogen (secondary N) is 1. The molecule has 6 N–H and O–H groups in total. The van der Waals surface area contributed by atoms with Crippen LogP contribution >= 0.6 is 0 Å². The molecule has 460 valence electrons. The van der Waals surface area contributed by atoms with Crippen molar-refractivity contribution in [3.63, 3.8) is 0 Å². The molecule has 0 aromatic heterocycles. The fourth-order valence-corrected chi connectivity index (χ4v) is 10.3. The van der Waals surface area contributed by atoms with Crippen LogP contribution in [0.4, 0.5) is 0 Å². The molecule has 1 saturated heterocycles. The molecule has 0 aromatic rings. The largest absolute Gasteiger partial charge is 0.454 e. The molecule has 1 aliphatic heterocycles. The van der Waals surface area contributed by atoms with Gasteiger partial charge in [0.1, 0.15) is 24.4 Å². The zero-order valence-electron chi connectivity index (χ0n) is 51.0. The Balaban J connectivity index is 2.57. The molecule has 0 aliphatic carbocycles. The number of unbranched alkanes of at least 4 members (excludes halogenated alkanes) is 37. The monoisotopic (exact) mass is 1110 g/mol. The van der Waals surface area contributed by atoms with Crippen molar-refractivity contribution in [2.24, 2.45) is 0 Å². The van der Waals surface area contributed by atoms with E-state index in [1.54, 1.807) is 6.08 Å². The van der Waals surface area contributed by atoms with Gasteiger partial charge in [0.15, 0.2) is 12.4 Å². The maximum atomic E-state index is 13.4. The molecule has 11 heteroatoms. The van der Waals surface area contributed by atoms with Crippen LogP contribution in [0.1, 0.15) is 297 Å². The smallest absolute Gasteiger partial charge is 0.306 e. The molecule has 1 heterocycles. The lowest BCUT2D eigenvalue weighted by Gasteiger charge is -2.41. The number of amides is 1. The number of carbonyl (C=O) groups excluding carboxylic acids is 2. The van der Waals surface area contributed by atoms with Crippen LogP contribution in [0.3, 0.4) is 0 Å². The first-order chi connectivity index (χ1) is 38.7. The predicted octanol–water partition coefficient (Wildman–Crippen LogP) is 16.2. The zero-order chi connectivity index (χ0) is 57.5. The van der Waals surface area contributed by atoms with Gasteiger partial charge in [-0.2, -0.15) is 0 Å². The van der Waals surface area contributed by atoms with Crippen molar-refractivity contribution in [1.82, 2.24) is 5.32 Å². The third-order valence-electron chi connectivity index (χ3n) is 15.5. The molecule has 8 atom stereocenters. The molecule has 1 amide bonds. The van der Waals surface area contributed by atoms with Crippen LogP contribution in [-0.2, 0) is 23.8 Å². The Morgan fingerprint density at radius 1 is 0.506 bits per heavy atom. The van der Waals surface area contributed by atoms with Crippen molar-refractivity contribution in [3.8, 4) is 0 Å². The van der Waals surface area contributed by atoms with Gasteiger partial charge in [-0.3, -0.25) is 9.59 Å². The van der Waals surface area contributed by atoms with Crippen molar-refractivity contribution in [1.29, 1.82) is 0 Å². The summed E-state index contributed by atoms with van der Waals surface area (Å²) >= 11 is 0. The van der Waals surface area contributed by atoms with Crippen LogP contribution in [-0.4, -0.2) is 99.6 Å². The molecule has 79 heavy (non-hydrogen) atoms. The first kappa shape index (κ1) is 74.4. The summed E-state index contributed by atoms with van der Waals surface area (Å²) in [5.41, 5.74) is 0. The minimum absolute atomic E-state index is 0.121. The Morgan fingerprint density at radius 3 is 1.37 bits per heavy atom. The van der Waals surface area contributed by atoms with E-state index in [0.717, 1.165) is 57.8 Å². The van der Waals surface area contributed by atoms with Crippen LogP contribution in [0.5, 0.6) is 0 Å². The second-order valence-corrected chi connectivity index (χ2v) is 22.9. The van der Waals surface area contributed by atoms with E-state index in [9.17, 15) is 35.1 Å². The molecule has 0 spiro atoms. The normalized spacial score (nSPS) is 19.2. The van der Waals surface area contributed by atoms with Gasteiger partial charge in [0.2, 0.25) is 5.91 Å². The van der Waals surface area contributed by atoms with Crippen LogP contribution in [0.15, 0.2) is 60.8 Å². The molecule has 0 bridgehead atoms. The lowest BCUT2D eigenvalue weighted by Crippen LogP contribution is -2.61. The Morgan fingerprint density at radius 2 is 0.911 bits per heavy atom. The molecule has 1 aliphatic rings. The second-order valence-electron chi connectivity index (χ2n) is 22.9. The molecule has 0 radical (unpaired) electrons. The van der Waals surface area contributed by atoms with E-state index in [1.807, 2.05) is 48.6 Å². The van der Waals surface area contributed by atoms with E-state index in [1.165, 1.54) is 193 Å². The van der Waals surface area contributed by atoms with Crippen molar-refractivity contribution in [2.45, 2.75) is 346 Å². The topological polar surface area (TPSA) is 175 Å². The Hall–Kier alpha value is -2.64. The van der Waals surface area contributed by atoms with Gasteiger partial charge in [0, 0.05) is 6.42 Å². The van der Waals surface area contributed by atoms with E-state index in [2.05, 4.69) is 32.2 Å². The standard InChI is InChI=1S/C68H123NO10/c1-4-7-10-13-16-19-22-25-26-27-28-29-30-31-32-33-34-35-36-38-41-44-47-50-53-56-63(73)79-66-65(75)64(74)62(57-70)78-68(66)77-58-59(60(71)54-51-48-45-42-40-37-23-20-17-14-11-8-5-2)69-67(76)61(72)55-52-49-46-43-39-24-21-18-15-12-9-6-3/h9,12,15,18,21,24,39,43,51,54,59-62,64-66,68,70-72,74-75H,4-8,10-11,13-14,16-17,19-20,22-23,25-38,40-42,44-50,52-53,55-58H2,1-3H3,(H,69,76)/b12-9+,18-15+,24-21-,43-39-,54-51+. The highest BCUT2D eigenvalue weighted by Gasteiger charge is 2.47. The average molecular weight is 1110 g/mol. The first-order valence-electron chi connectivity index (χ1n) is 33.1. The molecule has 0 saturated carbocycles. The molecular formula is C68H123NO10. The van der Waals surface area contributed by atoms with Crippen LogP contribution < -0.4 is 5.32 Å². The maximum absolute atomic E-state index is 13.4. The highest BCUT2D eigenvalue weighted by atomic mass is 16.7. The van der Waals surface area contributed by atoms with E-state index in [-0.39, 0.29) is 19.4 Å². The highest BCUT2D eigenvalue weighted by molar-refractivity contribution is 5.80. The molecule has 0 aromatic carbocycles. The summed E-state index contributed by atoms with van der Waals surface area (Å²) in [5.74, 6) is -1.23. The number of aliphatic hydroxyl groups excluding tert-OH is 5. The van der Waals surface area contributed by atoms with Crippen molar-refractivity contribution in [3.05, 3.63) is 60.8 Å². The van der Waals surface area contributed by atoms with Gasteiger partial charge >= 0.3 is 5.97 Å². The van der Waals surface area contributed by atoms with Gasteiger partial charge in [-0.15, -0.1) is 0 Å². The van der Waals surface area contributed by atoms with E-state index < -0.39 is 67.4 Å². The summed E-state index contributed by atoms with van der Waals surface area (Å²) in [4.78, 5) is 26.5. The number of hydrogen-bond acceptors (Lipinski definition) is 10. The maximum Gasteiger partial charge on any atom is 0.306 e. The summed E-state index contributed by atoms with van der Waals surface area (Å²) in [6.45, 7) is 5.65. The zero-order valence-corrected chi connectivity index (χ0v) is 51.0. The number of ether oxygens (including phenoxy) is 3. The number of esters is 1. The molecule has 8 unspecified atom stereocenters. The van der Waals surface area contributed by atoms with E-state index in [0.29, 0.717) is 12.8 Å². The third kappa shape index (κ3) is 43.7. The minimum Gasteiger partial charge on any atom is -0.454 e. The van der Waals surface area contributed by atoms with Gasteiger partial charge < -0.3 is 45.1 Å². The van der Waals surface area contributed by atoms with Gasteiger partial charge in [-0.05, 0) is 44.9 Å². The first-order valence-corrected chi connectivity index (χ1v) is 33.1. The van der Waals surface area contributed by atoms with Gasteiger partial charge in [0.25, 0.3) is 0 Å². The van der Waals surface area contributed by atoms with E-state index >= 15 is 0 Å². The average Bonchev–Trinajstić information content (AvgIpc) is 3.51. The van der Waals surface area contributed by atoms with Gasteiger partial charge in [0.05, 0.1) is 25.4 Å². The second kappa shape index (κ2) is 55.9. The minimum atomic E-state index is -1.62. The van der Waals surface area contributed by atoms with Crippen molar-refractivity contribution in [2.75, 3.05) is 13.2 Å². The summed E-state index contributed by atoms with van der Waals surface area (Å²) in [6, 6.07) is -1.04. The van der Waals surface area contributed by atoms with Crippen molar-refractivity contribution < 1.29 is 49.3 Å². The molecule has 1 fully saturated rings. The predicted molar refractivity (Wildman–Crippen MR) is 329 cm³/mol. The highest BCUT2D eigenvalue weighted by Crippen LogP contribution is 2.26. The number of aliphatic hydroxyl groups is 5. The number of allylic oxidation sites excluding steroid dienone is 9. The van der Waals surface area contributed by atoms with Crippen LogP contribution in [0, 0.1) is 0 Å². The Kier molecular flexibility index (Phi) is 52.6. The van der Waals surface area contributed by atoms with Crippen LogP contribution in [0.25, 0.3) is 0 Å².